The molecule has 1 amide bonds. The SMILES string of the molecule is Cc1cc(C(=O)NC[C@@H]2CCN(CC(C)C)C2)n[nH]1. The van der Waals surface area contributed by atoms with Crippen LogP contribution in [0.15, 0.2) is 6.07 Å². The van der Waals surface area contributed by atoms with Crippen LogP contribution in [0.25, 0.3) is 0 Å². The van der Waals surface area contributed by atoms with Gasteiger partial charge in [-0.05, 0) is 37.8 Å². The topological polar surface area (TPSA) is 61.0 Å². The number of aromatic nitrogens is 2. The molecule has 2 rings (SSSR count). The van der Waals surface area contributed by atoms with E-state index in [1.165, 1.54) is 6.42 Å². The molecule has 0 spiro atoms. The Bertz CT molecular complexity index is 427. The highest BCUT2D eigenvalue weighted by Gasteiger charge is 2.23. The Kier molecular flexibility index (Phi) is 4.58. The minimum atomic E-state index is -0.0772. The van der Waals surface area contributed by atoms with Gasteiger partial charge in [-0.2, -0.15) is 5.10 Å². The quantitative estimate of drug-likeness (QED) is 0.845. The first-order chi connectivity index (χ1) is 9.04. The molecule has 0 bridgehead atoms. The van der Waals surface area contributed by atoms with Crippen LogP contribution in [-0.2, 0) is 0 Å². The van der Waals surface area contributed by atoms with Gasteiger partial charge in [-0.1, -0.05) is 13.8 Å². The van der Waals surface area contributed by atoms with Crippen molar-refractivity contribution in [1.29, 1.82) is 0 Å². The number of nitrogens with zero attached hydrogens (tertiary/aromatic N) is 2. The third-order valence-corrected chi connectivity index (χ3v) is 3.48. The molecule has 1 atom stereocenters. The molecule has 5 heteroatoms. The minimum Gasteiger partial charge on any atom is -0.350 e. The van der Waals surface area contributed by atoms with E-state index in [0.29, 0.717) is 17.5 Å². The Morgan fingerprint density at radius 1 is 1.63 bits per heavy atom. The number of nitrogens with one attached hydrogen (secondary N) is 2. The summed E-state index contributed by atoms with van der Waals surface area (Å²) < 4.78 is 0. The highest BCUT2D eigenvalue weighted by molar-refractivity contribution is 5.92. The van der Waals surface area contributed by atoms with Crippen molar-refractivity contribution in [2.75, 3.05) is 26.2 Å². The van der Waals surface area contributed by atoms with Crippen molar-refractivity contribution >= 4 is 5.91 Å². The molecular weight excluding hydrogens is 240 g/mol. The number of likely N-dealkylation sites (tertiary alicyclic amines) is 1. The van der Waals surface area contributed by atoms with Crippen molar-refractivity contribution < 1.29 is 4.79 Å². The van der Waals surface area contributed by atoms with Gasteiger partial charge in [0.25, 0.3) is 5.91 Å². The van der Waals surface area contributed by atoms with Crippen molar-refractivity contribution in [3.05, 3.63) is 17.5 Å². The number of amides is 1. The lowest BCUT2D eigenvalue weighted by Gasteiger charge is -2.18. The Morgan fingerprint density at radius 3 is 3.05 bits per heavy atom. The zero-order valence-corrected chi connectivity index (χ0v) is 12.1. The van der Waals surface area contributed by atoms with Crippen molar-refractivity contribution in [3.63, 3.8) is 0 Å². The number of hydrogen-bond acceptors (Lipinski definition) is 3. The molecule has 1 aliphatic heterocycles. The standard InChI is InChI=1S/C14H24N4O/c1-10(2)8-18-5-4-12(9-18)7-15-14(19)13-6-11(3)16-17-13/h6,10,12H,4-5,7-9H2,1-3H3,(H,15,19)(H,16,17)/t12-/m0/s1. The summed E-state index contributed by atoms with van der Waals surface area (Å²) in [6, 6.07) is 1.77. The van der Waals surface area contributed by atoms with Crippen LogP contribution in [0.1, 0.15) is 36.5 Å². The van der Waals surface area contributed by atoms with E-state index in [1.807, 2.05) is 6.92 Å². The molecule has 0 radical (unpaired) electrons. The fourth-order valence-corrected chi connectivity index (χ4v) is 2.62. The van der Waals surface area contributed by atoms with Gasteiger partial charge in [0, 0.05) is 25.3 Å². The van der Waals surface area contributed by atoms with E-state index < -0.39 is 0 Å². The number of aryl methyl sites for hydroxylation is 1. The first kappa shape index (κ1) is 14.1. The van der Waals surface area contributed by atoms with Gasteiger partial charge in [-0.15, -0.1) is 0 Å². The number of H-pyrrole nitrogens is 1. The monoisotopic (exact) mass is 264 g/mol. The van der Waals surface area contributed by atoms with E-state index >= 15 is 0 Å². The zero-order chi connectivity index (χ0) is 13.8. The molecule has 1 aliphatic rings. The summed E-state index contributed by atoms with van der Waals surface area (Å²) in [7, 11) is 0. The van der Waals surface area contributed by atoms with Gasteiger partial charge in [0.1, 0.15) is 5.69 Å². The van der Waals surface area contributed by atoms with Crippen LogP contribution >= 0.6 is 0 Å². The third kappa shape index (κ3) is 4.06. The maximum atomic E-state index is 11.9. The Hall–Kier alpha value is -1.36. The smallest absolute Gasteiger partial charge is 0.271 e. The van der Waals surface area contributed by atoms with Gasteiger partial charge in [0.2, 0.25) is 0 Å². The largest absolute Gasteiger partial charge is 0.350 e. The number of rotatable bonds is 5. The van der Waals surface area contributed by atoms with E-state index in [1.54, 1.807) is 6.07 Å². The Morgan fingerprint density at radius 2 is 2.42 bits per heavy atom. The van der Waals surface area contributed by atoms with Crippen LogP contribution in [0.5, 0.6) is 0 Å². The zero-order valence-electron chi connectivity index (χ0n) is 12.1. The van der Waals surface area contributed by atoms with Crippen LogP contribution in [0.4, 0.5) is 0 Å². The van der Waals surface area contributed by atoms with E-state index in [9.17, 15) is 4.79 Å². The lowest BCUT2D eigenvalue weighted by atomic mass is 10.1. The maximum absolute atomic E-state index is 11.9. The fourth-order valence-electron chi connectivity index (χ4n) is 2.62. The second-order valence-corrected chi connectivity index (χ2v) is 5.95. The summed E-state index contributed by atoms with van der Waals surface area (Å²) in [5.41, 5.74) is 1.39. The second kappa shape index (κ2) is 6.19. The summed E-state index contributed by atoms with van der Waals surface area (Å²) in [6.45, 7) is 10.5. The average molecular weight is 264 g/mol. The van der Waals surface area contributed by atoms with Gasteiger partial charge >= 0.3 is 0 Å². The van der Waals surface area contributed by atoms with Crippen LogP contribution in [0.3, 0.4) is 0 Å². The lowest BCUT2D eigenvalue weighted by Crippen LogP contribution is -2.32. The number of carbonyl (C=O) groups is 1. The highest BCUT2D eigenvalue weighted by Crippen LogP contribution is 2.16. The number of aromatic amines is 1. The number of hydrogen-bond donors (Lipinski definition) is 2. The molecule has 1 saturated heterocycles. The molecule has 0 aliphatic carbocycles. The molecule has 1 fully saturated rings. The van der Waals surface area contributed by atoms with Crippen LogP contribution in [0, 0.1) is 18.8 Å². The predicted molar refractivity (Wildman–Crippen MR) is 75.0 cm³/mol. The molecule has 2 heterocycles. The average Bonchev–Trinajstić information content (AvgIpc) is 2.94. The van der Waals surface area contributed by atoms with Crippen molar-refractivity contribution in [2.24, 2.45) is 11.8 Å². The molecule has 1 aromatic rings. The van der Waals surface area contributed by atoms with Gasteiger partial charge in [0.15, 0.2) is 0 Å². The summed E-state index contributed by atoms with van der Waals surface area (Å²) in [6.07, 6.45) is 1.17. The Balaban J connectivity index is 1.73. The second-order valence-electron chi connectivity index (χ2n) is 5.95. The van der Waals surface area contributed by atoms with E-state index in [4.69, 9.17) is 0 Å². The fraction of sp³-hybridized carbons (Fsp3) is 0.714. The predicted octanol–water partition coefficient (Wildman–Crippen LogP) is 1.43. The van der Waals surface area contributed by atoms with Gasteiger partial charge in [-0.3, -0.25) is 9.89 Å². The summed E-state index contributed by atoms with van der Waals surface area (Å²) in [5, 5.41) is 9.73. The maximum Gasteiger partial charge on any atom is 0.271 e. The molecule has 1 aromatic heterocycles. The van der Waals surface area contributed by atoms with E-state index in [2.05, 4.69) is 34.3 Å². The first-order valence-corrected chi connectivity index (χ1v) is 7.07. The van der Waals surface area contributed by atoms with Crippen molar-refractivity contribution in [3.8, 4) is 0 Å². The molecule has 106 valence electrons. The third-order valence-electron chi connectivity index (χ3n) is 3.48. The van der Waals surface area contributed by atoms with Crippen LogP contribution in [0.2, 0.25) is 0 Å². The van der Waals surface area contributed by atoms with Crippen LogP contribution < -0.4 is 5.32 Å². The molecule has 0 aromatic carbocycles. The van der Waals surface area contributed by atoms with Crippen LogP contribution in [-0.4, -0.2) is 47.2 Å². The first-order valence-electron chi connectivity index (χ1n) is 7.07. The summed E-state index contributed by atoms with van der Waals surface area (Å²) in [5.74, 6) is 1.20. The molecule has 2 N–H and O–H groups in total. The molecular formula is C14H24N4O. The van der Waals surface area contributed by atoms with E-state index in [0.717, 1.165) is 31.9 Å². The van der Waals surface area contributed by atoms with Crippen molar-refractivity contribution in [1.82, 2.24) is 20.4 Å². The normalized spacial score (nSPS) is 20.1. The molecule has 19 heavy (non-hydrogen) atoms. The highest BCUT2D eigenvalue weighted by atomic mass is 16.1. The lowest BCUT2D eigenvalue weighted by molar-refractivity contribution is 0.0942. The van der Waals surface area contributed by atoms with E-state index in [-0.39, 0.29) is 5.91 Å². The summed E-state index contributed by atoms with van der Waals surface area (Å²) >= 11 is 0. The minimum absolute atomic E-state index is 0.0772. The van der Waals surface area contributed by atoms with Gasteiger partial charge in [0.05, 0.1) is 0 Å². The Labute approximate surface area is 114 Å². The summed E-state index contributed by atoms with van der Waals surface area (Å²) in [4.78, 5) is 14.4. The van der Waals surface area contributed by atoms with Gasteiger partial charge in [-0.25, -0.2) is 0 Å². The molecule has 0 unspecified atom stereocenters. The molecule has 5 nitrogen and oxygen atoms in total. The molecule has 0 saturated carbocycles. The number of carbonyl (C=O) groups excluding carboxylic acids is 1. The van der Waals surface area contributed by atoms with Gasteiger partial charge < -0.3 is 10.2 Å². The van der Waals surface area contributed by atoms with Crippen molar-refractivity contribution in [2.45, 2.75) is 27.2 Å².